The van der Waals surface area contributed by atoms with Crippen LogP contribution < -0.4 is 5.73 Å². The summed E-state index contributed by atoms with van der Waals surface area (Å²) in [7, 11) is 0. The lowest BCUT2D eigenvalue weighted by Crippen LogP contribution is -2.43. The third-order valence-corrected chi connectivity index (χ3v) is 3.37. The summed E-state index contributed by atoms with van der Waals surface area (Å²) < 4.78 is 5.20. The molecule has 2 heterocycles. The average Bonchev–Trinajstić information content (AvgIpc) is 2.76. The predicted molar refractivity (Wildman–Crippen MR) is 62.3 cm³/mol. The van der Waals surface area contributed by atoms with Gasteiger partial charge in [-0.25, -0.2) is 0 Å². The highest BCUT2D eigenvalue weighted by Crippen LogP contribution is 2.38. The highest BCUT2D eigenvalue weighted by Gasteiger charge is 2.40. The topological polar surface area (TPSA) is 77.8 Å². The molecule has 0 saturated heterocycles. The molecule has 2 aromatic rings. The number of pyridine rings is 1. The van der Waals surface area contributed by atoms with Crippen molar-refractivity contribution < 1.29 is 4.52 Å². The molecule has 88 valence electrons. The standard InChI is InChI=1S/C11H11ClN4O/c12-7-3-1-6-14-8(7)9-15-10(17-16-9)11(13)4-2-5-11/h1,3,6H,2,4-5,13H2. The normalized spacial score (nSPS) is 17.8. The van der Waals surface area contributed by atoms with Crippen molar-refractivity contribution >= 4 is 11.6 Å². The zero-order valence-corrected chi connectivity index (χ0v) is 9.81. The summed E-state index contributed by atoms with van der Waals surface area (Å²) in [5.41, 5.74) is 6.17. The van der Waals surface area contributed by atoms with E-state index in [-0.39, 0.29) is 0 Å². The Kier molecular flexibility index (Phi) is 2.38. The Morgan fingerprint density at radius 2 is 2.24 bits per heavy atom. The molecule has 0 aromatic carbocycles. The monoisotopic (exact) mass is 250 g/mol. The van der Waals surface area contributed by atoms with Gasteiger partial charge >= 0.3 is 0 Å². The maximum Gasteiger partial charge on any atom is 0.247 e. The smallest absolute Gasteiger partial charge is 0.247 e. The van der Waals surface area contributed by atoms with Crippen molar-refractivity contribution in [3.63, 3.8) is 0 Å². The van der Waals surface area contributed by atoms with Crippen LogP contribution >= 0.6 is 11.6 Å². The van der Waals surface area contributed by atoms with Crippen LogP contribution in [0.4, 0.5) is 0 Å². The zero-order valence-electron chi connectivity index (χ0n) is 9.06. The van der Waals surface area contributed by atoms with Gasteiger partial charge in [0.15, 0.2) is 0 Å². The number of nitrogens with zero attached hydrogens (tertiary/aromatic N) is 3. The summed E-state index contributed by atoms with van der Waals surface area (Å²) >= 11 is 6.01. The number of nitrogens with two attached hydrogens (primary N) is 1. The van der Waals surface area contributed by atoms with Gasteiger partial charge in [0.25, 0.3) is 0 Å². The van der Waals surface area contributed by atoms with Crippen LogP contribution in [0, 0.1) is 0 Å². The Hall–Kier alpha value is -1.46. The van der Waals surface area contributed by atoms with Gasteiger partial charge in [-0.05, 0) is 31.4 Å². The predicted octanol–water partition coefficient (Wildman–Crippen LogP) is 2.12. The number of hydrogen-bond acceptors (Lipinski definition) is 5. The van der Waals surface area contributed by atoms with Gasteiger partial charge in [0.1, 0.15) is 5.69 Å². The number of hydrogen-bond donors (Lipinski definition) is 1. The molecular formula is C11H11ClN4O. The van der Waals surface area contributed by atoms with Crippen LogP contribution in [-0.4, -0.2) is 15.1 Å². The van der Waals surface area contributed by atoms with E-state index in [9.17, 15) is 0 Å². The fourth-order valence-electron chi connectivity index (χ4n) is 1.84. The Balaban J connectivity index is 1.98. The Labute approximate surface area is 103 Å². The Morgan fingerprint density at radius 3 is 2.88 bits per heavy atom. The van der Waals surface area contributed by atoms with Crippen molar-refractivity contribution in [2.75, 3.05) is 0 Å². The van der Waals surface area contributed by atoms with Crippen LogP contribution in [-0.2, 0) is 5.54 Å². The molecule has 1 aliphatic carbocycles. The van der Waals surface area contributed by atoms with Crippen molar-refractivity contribution in [1.82, 2.24) is 15.1 Å². The molecule has 0 atom stereocenters. The highest BCUT2D eigenvalue weighted by atomic mass is 35.5. The fraction of sp³-hybridized carbons (Fsp3) is 0.364. The first-order valence-electron chi connectivity index (χ1n) is 5.43. The zero-order chi connectivity index (χ0) is 11.9. The average molecular weight is 251 g/mol. The molecule has 0 amide bonds. The Morgan fingerprint density at radius 1 is 1.41 bits per heavy atom. The quantitative estimate of drug-likeness (QED) is 0.883. The number of aromatic nitrogens is 3. The van der Waals surface area contributed by atoms with Crippen molar-refractivity contribution in [3.8, 4) is 11.5 Å². The van der Waals surface area contributed by atoms with Gasteiger partial charge < -0.3 is 10.3 Å². The second-order valence-electron chi connectivity index (χ2n) is 4.27. The van der Waals surface area contributed by atoms with E-state index in [1.54, 1.807) is 18.3 Å². The SMILES string of the molecule is NC1(c2nc(-c3ncccc3Cl)no2)CCC1. The van der Waals surface area contributed by atoms with E-state index in [0.717, 1.165) is 19.3 Å². The van der Waals surface area contributed by atoms with Crippen molar-refractivity contribution in [2.45, 2.75) is 24.8 Å². The van der Waals surface area contributed by atoms with Gasteiger partial charge in [-0.2, -0.15) is 4.98 Å². The summed E-state index contributed by atoms with van der Waals surface area (Å²) in [6.07, 6.45) is 4.49. The summed E-state index contributed by atoms with van der Waals surface area (Å²) in [6, 6.07) is 3.49. The molecule has 2 N–H and O–H groups in total. The molecular weight excluding hydrogens is 240 g/mol. The van der Waals surface area contributed by atoms with Crippen LogP contribution in [0.3, 0.4) is 0 Å². The second kappa shape index (κ2) is 3.78. The maximum absolute atomic E-state index is 6.10. The summed E-state index contributed by atoms with van der Waals surface area (Å²) in [5, 5.41) is 4.38. The lowest BCUT2D eigenvalue weighted by Gasteiger charge is -2.33. The molecule has 1 aliphatic rings. The van der Waals surface area contributed by atoms with E-state index < -0.39 is 5.54 Å². The van der Waals surface area contributed by atoms with Crippen molar-refractivity contribution in [1.29, 1.82) is 0 Å². The van der Waals surface area contributed by atoms with Gasteiger partial charge in [-0.3, -0.25) is 4.98 Å². The highest BCUT2D eigenvalue weighted by molar-refractivity contribution is 6.32. The molecule has 1 fully saturated rings. The van der Waals surface area contributed by atoms with Crippen LogP contribution in [0.15, 0.2) is 22.9 Å². The molecule has 2 aromatic heterocycles. The van der Waals surface area contributed by atoms with Gasteiger partial charge in [0.2, 0.25) is 11.7 Å². The van der Waals surface area contributed by atoms with E-state index in [1.165, 1.54) is 0 Å². The minimum atomic E-state index is -0.452. The molecule has 0 unspecified atom stereocenters. The van der Waals surface area contributed by atoms with Gasteiger partial charge in [0.05, 0.1) is 10.6 Å². The largest absolute Gasteiger partial charge is 0.337 e. The molecule has 0 radical (unpaired) electrons. The molecule has 5 nitrogen and oxygen atoms in total. The van der Waals surface area contributed by atoms with E-state index >= 15 is 0 Å². The van der Waals surface area contributed by atoms with Crippen LogP contribution in [0.2, 0.25) is 5.02 Å². The summed E-state index contributed by atoms with van der Waals surface area (Å²) in [4.78, 5) is 8.42. The first-order valence-corrected chi connectivity index (χ1v) is 5.81. The van der Waals surface area contributed by atoms with Gasteiger partial charge in [0, 0.05) is 6.20 Å². The fourth-order valence-corrected chi connectivity index (χ4v) is 2.05. The van der Waals surface area contributed by atoms with E-state index in [0.29, 0.717) is 22.4 Å². The molecule has 3 rings (SSSR count). The van der Waals surface area contributed by atoms with Crippen LogP contribution in [0.25, 0.3) is 11.5 Å². The maximum atomic E-state index is 6.10. The van der Waals surface area contributed by atoms with E-state index in [2.05, 4.69) is 15.1 Å². The molecule has 0 aliphatic heterocycles. The summed E-state index contributed by atoms with van der Waals surface area (Å²) in [6.45, 7) is 0. The lowest BCUT2D eigenvalue weighted by molar-refractivity contribution is 0.181. The van der Waals surface area contributed by atoms with Crippen LogP contribution in [0.5, 0.6) is 0 Å². The summed E-state index contributed by atoms with van der Waals surface area (Å²) in [5.74, 6) is 0.864. The molecule has 17 heavy (non-hydrogen) atoms. The van der Waals surface area contributed by atoms with Gasteiger partial charge in [-0.15, -0.1) is 0 Å². The minimum absolute atomic E-state index is 0.391. The first-order chi connectivity index (χ1) is 8.19. The van der Waals surface area contributed by atoms with E-state index in [1.807, 2.05) is 0 Å². The third kappa shape index (κ3) is 1.71. The minimum Gasteiger partial charge on any atom is -0.337 e. The molecule has 0 spiro atoms. The Bertz CT molecular complexity index is 550. The van der Waals surface area contributed by atoms with Crippen LogP contribution in [0.1, 0.15) is 25.2 Å². The molecule has 1 saturated carbocycles. The van der Waals surface area contributed by atoms with Crippen molar-refractivity contribution in [3.05, 3.63) is 29.2 Å². The number of halogens is 1. The molecule has 6 heteroatoms. The first kappa shape index (κ1) is 10.7. The second-order valence-corrected chi connectivity index (χ2v) is 4.67. The molecule has 0 bridgehead atoms. The number of rotatable bonds is 2. The van der Waals surface area contributed by atoms with Gasteiger partial charge in [-0.1, -0.05) is 16.8 Å². The lowest BCUT2D eigenvalue weighted by atomic mass is 9.78. The third-order valence-electron chi connectivity index (χ3n) is 3.07. The van der Waals surface area contributed by atoms with Crippen molar-refractivity contribution in [2.24, 2.45) is 5.73 Å². The van der Waals surface area contributed by atoms with E-state index in [4.69, 9.17) is 21.9 Å².